The van der Waals surface area contributed by atoms with Gasteiger partial charge in [-0.3, -0.25) is 4.79 Å². The second-order valence-electron chi connectivity index (χ2n) is 7.32. The van der Waals surface area contributed by atoms with Crippen LogP contribution in [0.1, 0.15) is 29.0 Å². The van der Waals surface area contributed by atoms with Crippen molar-refractivity contribution in [3.63, 3.8) is 0 Å². The van der Waals surface area contributed by atoms with Crippen molar-refractivity contribution in [2.24, 2.45) is 0 Å². The summed E-state index contributed by atoms with van der Waals surface area (Å²) < 4.78 is 37.4. The van der Waals surface area contributed by atoms with Crippen LogP contribution in [0.2, 0.25) is 0 Å². The highest BCUT2D eigenvalue weighted by Gasteiger charge is 2.27. The molecule has 162 valence electrons. The van der Waals surface area contributed by atoms with Crippen molar-refractivity contribution < 1.29 is 27.2 Å². The van der Waals surface area contributed by atoms with E-state index < -0.39 is 28.5 Å². The number of anilines is 1. The maximum absolute atomic E-state index is 12.7. The standard InChI is InChI=1S/C22H22N2O6S/c1-15-18-9-2-3-10-19(18)30-21(15)22(26)29-14-20(25)23-16-7-6-8-17(13-16)31(27,28)24-11-4-5-12-24/h2-3,6-10,13H,4-5,11-12,14H2,1H3,(H,23,25). The van der Waals surface area contributed by atoms with Gasteiger partial charge in [0, 0.05) is 29.7 Å². The topological polar surface area (TPSA) is 106 Å². The number of aryl methyl sites for hydroxylation is 1. The van der Waals surface area contributed by atoms with E-state index in [0.717, 1.165) is 18.2 Å². The van der Waals surface area contributed by atoms with E-state index in [2.05, 4.69) is 5.32 Å². The van der Waals surface area contributed by atoms with Gasteiger partial charge in [0.15, 0.2) is 6.61 Å². The van der Waals surface area contributed by atoms with Gasteiger partial charge in [-0.05, 0) is 44.0 Å². The number of fused-ring (bicyclic) bond motifs is 1. The lowest BCUT2D eigenvalue weighted by Crippen LogP contribution is -2.28. The zero-order chi connectivity index (χ0) is 22.0. The van der Waals surface area contributed by atoms with Crippen molar-refractivity contribution >= 4 is 38.6 Å². The van der Waals surface area contributed by atoms with Crippen LogP contribution in [0.25, 0.3) is 11.0 Å². The van der Waals surface area contributed by atoms with Crippen molar-refractivity contribution in [3.05, 3.63) is 59.9 Å². The first-order valence-corrected chi connectivity index (χ1v) is 11.4. The van der Waals surface area contributed by atoms with E-state index in [1.807, 2.05) is 12.1 Å². The van der Waals surface area contributed by atoms with Gasteiger partial charge in [0.05, 0.1) is 4.90 Å². The van der Waals surface area contributed by atoms with Crippen molar-refractivity contribution in [1.29, 1.82) is 0 Å². The second kappa shape index (κ2) is 8.52. The molecule has 0 unspecified atom stereocenters. The lowest BCUT2D eigenvalue weighted by molar-refractivity contribution is -0.119. The molecule has 1 aliphatic heterocycles. The number of carbonyl (C=O) groups is 2. The summed E-state index contributed by atoms with van der Waals surface area (Å²) in [6.45, 7) is 2.21. The van der Waals surface area contributed by atoms with Gasteiger partial charge in [-0.15, -0.1) is 0 Å². The van der Waals surface area contributed by atoms with Crippen LogP contribution in [0.15, 0.2) is 57.8 Å². The van der Waals surface area contributed by atoms with Crippen LogP contribution >= 0.6 is 0 Å². The number of para-hydroxylation sites is 1. The predicted molar refractivity (Wildman–Crippen MR) is 114 cm³/mol. The number of furan rings is 1. The van der Waals surface area contributed by atoms with E-state index in [9.17, 15) is 18.0 Å². The van der Waals surface area contributed by atoms with Gasteiger partial charge >= 0.3 is 5.97 Å². The van der Waals surface area contributed by atoms with E-state index in [1.54, 1.807) is 31.2 Å². The molecule has 9 heteroatoms. The third kappa shape index (κ3) is 4.33. The summed E-state index contributed by atoms with van der Waals surface area (Å²) in [5, 5.41) is 3.36. The summed E-state index contributed by atoms with van der Waals surface area (Å²) in [6.07, 6.45) is 1.68. The molecule has 0 bridgehead atoms. The van der Waals surface area contributed by atoms with Gasteiger partial charge in [0.1, 0.15) is 5.58 Å². The highest BCUT2D eigenvalue weighted by molar-refractivity contribution is 7.89. The molecule has 1 N–H and O–H groups in total. The maximum Gasteiger partial charge on any atom is 0.375 e. The number of benzene rings is 2. The van der Waals surface area contributed by atoms with Gasteiger partial charge < -0.3 is 14.5 Å². The lowest BCUT2D eigenvalue weighted by atomic mass is 10.1. The van der Waals surface area contributed by atoms with E-state index in [-0.39, 0.29) is 10.7 Å². The van der Waals surface area contributed by atoms with Crippen molar-refractivity contribution in [2.75, 3.05) is 25.0 Å². The quantitative estimate of drug-likeness (QED) is 0.587. The fraction of sp³-hybridized carbons (Fsp3) is 0.273. The minimum Gasteiger partial charge on any atom is -0.450 e. The average molecular weight is 442 g/mol. The summed E-state index contributed by atoms with van der Waals surface area (Å²) in [5.41, 5.74) is 1.51. The number of sulfonamides is 1. The van der Waals surface area contributed by atoms with E-state index >= 15 is 0 Å². The van der Waals surface area contributed by atoms with E-state index in [1.165, 1.54) is 16.4 Å². The van der Waals surface area contributed by atoms with Crippen LogP contribution in [0.5, 0.6) is 0 Å². The van der Waals surface area contributed by atoms with Crippen LogP contribution in [0.4, 0.5) is 5.69 Å². The van der Waals surface area contributed by atoms with Crippen LogP contribution < -0.4 is 5.32 Å². The van der Waals surface area contributed by atoms with Crippen molar-refractivity contribution in [2.45, 2.75) is 24.7 Å². The van der Waals surface area contributed by atoms with Gasteiger partial charge in [0.2, 0.25) is 15.8 Å². The molecule has 3 aromatic rings. The first-order valence-electron chi connectivity index (χ1n) is 9.91. The number of ether oxygens (including phenoxy) is 1. The van der Waals surface area contributed by atoms with Crippen LogP contribution in [-0.2, 0) is 19.6 Å². The molecule has 1 fully saturated rings. The third-order valence-electron chi connectivity index (χ3n) is 5.18. The number of hydrogen-bond donors (Lipinski definition) is 1. The van der Waals surface area contributed by atoms with Gasteiger partial charge in [-0.1, -0.05) is 24.3 Å². The number of hydrogen-bond acceptors (Lipinski definition) is 6. The second-order valence-corrected chi connectivity index (χ2v) is 9.25. The molecule has 0 radical (unpaired) electrons. The highest BCUT2D eigenvalue weighted by atomic mass is 32.2. The molecule has 2 aromatic carbocycles. The smallest absolute Gasteiger partial charge is 0.375 e. The van der Waals surface area contributed by atoms with E-state index in [0.29, 0.717) is 29.9 Å². The molecule has 1 amide bonds. The fourth-order valence-corrected chi connectivity index (χ4v) is 5.14. The molecule has 8 nitrogen and oxygen atoms in total. The largest absolute Gasteiger partial charge is 0.450 e. The normalized spacial score (nSPS) is 14.6. The summed E-state index contributed by atoms with van der Waals surface area (Å²) in [7, 11) is -3.59. The zero-order valence-corrected chi connectivity index (χ0v) is 17.8. The zero-order valence-electron chi connectivity index (χ0n) is 17.0. The Labute approximate surface area is 179 Å². The van der Waals surface area contributed by atoms with Gasteiger partial charge in [-0.2, -0.15) is 4.31 Å². The molecule has 0 atom stereocenters. The summed E-state index contributed by atoms with van der Waals surface area (Å²) in [6, 6.07) is 13.2. The first kappa shape index (κ1) is 21.1. The fourth-order valence-electron chi connectivity index (χ4n) is 3.57. The van der Waals surface area contributed by atoms with Crippen LogP contribution in [0.3, 0.4) is 0 Å². The molecule has 0 saturated carbocycles. The highest BCUT2D eigenvalue weighted by Crippen LogP contribution is 2.26. The number of nitrogens with one attached hydrogen (secondary N) is 1. The minimum atomic E-state index is -3.59. The first-order chi connectivity index (χ1) is 14.9. The van der Waals surface area contributed by atoms with Crippen molar-refractivity contribution in [3.8, 4) is 0 Å². The molecular weight excluding hydrogens is 420 g/mol. The average Bonchev–Trinajstić information content (AvgIpc) is 3.42. The lowest BCUT2D eigenvalue weighted by Gasteiger charge is -2.16. The number of esters is 1. The Bertz CT molecular complexity index is 1240. The van der Waals surface area contributed by atoms with Crippen LogP contribution in [0, 0.1) is 6.92 Å². The molecule has 2 heterocycles. The maximum atomic E-state index is 12.7. The van der Waals surface area contributed by atoms with Crippen LogP contribution in [-0.4, -0.2) is 44.3 Å². The Morgan fingerprint density at radius 3 is 2.58 bits per heavy atom. The number of nitrogens with zero attached hydrogens (tertiary/aromatic N) is 1. The monoisotopic (exact) mass is 442 g/mol. The molecule has 1 aromatic heterocycles. The molecule has 0 spiro atoms. The minimum absolute atomic E-state index is 0.0488. The van der Waals surface area contributed by atoms with Gasteiger partial charge in [-0.25, -0.2) is 13.2 Å². The Morgan fingerprint density at radius 1 is 1.10 bits per heavy atom. The predicted octanol–water partition coefficient (Wildman–Crippen LogP) is 3.32. The SMILES string of the molecule is Cc1c(C(=O)OCC(=O)Nc2cccc(S(=O)(=O)N3CCCC3)c2)oc2ccccc12. The summed E-state index contributed by atoms with van der Waals surface area (Å²) >= 11 is 0. The number of carbonyl (C=O) groups excluding carboxylic acids is 2. The Hall–Kier alpha value is -3.17. The molecule has 0 aliphatic carbocycles. The number of rotatable bonds is 6. The van der Waals surface area contributed by atoms with Crippen molar-refractivity contribution in [1.82, 2.24) is 4.31 Å². The summed E-state index contributed by atoms with van der Waals surface area (Å²) in [5.74, 6) is -1.28. The van der Waals surface area contributed by atoms with E-state index in [4.69, 9.17) is 9.15 Å². The van der Waals surface area contributed by atoms with Gasteiger partial charge in [0.25, 0.3) is 5.91 Å². The third-order valence-corrected chi connectivity index (χ3v) is 7.08. The molecule has 1 aliphatic rings. The molecular formula is C22H22N2O6S. The molecule has 4 rings (SSSR count). The molecule has 31 heavy (non-hydrogen) atoms. The number of amides is 1. The molecule has 1 saturated heterocycles. The Morgan fingerprint density at radius 2 is 1.84 bits per heavy atom. The Kier molecular flexibility index (Phi) is 5.79. The summed E-state index contributed by atoms with van der Waals surface area (Å²) in [4.78, 5) is 24.7. The Balaban J connectivity index is 1.40.